The summed E-state index contributed by atoms with van der Waals surface area (Å²) in [5.41, 5.74) is -0.0645. The molecule has 5 rings (SSSR count). The first-order chi connectivity index (χ1) is 13.9. The van der Waals surface area contributed by atoms with E-state index in [1.54, 1.807) is 31.2 Å². The van der Waals surface area contributed by atoms with Crippen LogP contribution in [0.5, 0.6) is 0 Å². The summed E-state index contributed by atoms with van der Waals surface area (Å²) in [6, 6.07) is 6.80. The number of ether oxygens (including phenoxy) is 1. The van der Waals surface area contributed by atoms with Crippen molar-refractivity contribution in [2.75, 3.05) is 11.4 Å². The quantitative estimate of drug-likeness (QED) is 0.749. The Balaban J connectivity index is 1.36. The molecule has 0 aliphatic carbocycles. The number of aromatic nitrogens is 1. The van der Waals surface area contributed by atoms with Gasteiger partial charge in [0.05, 0.1) is 24.5 Å². The zero-order chi connectivity index (χ0) is 20.3. The molecule has 2 amide bonds. The SMILES string of the molecule is Cc1cc(N2C[C@]34C=C[C@H](O3)C(C(=O)NCc3ccc(Cl)cc3Cl)C4C2=O)no1. The van der Waals surface area contributed by atoms with Gasteiger partial charge in [-0.1, -0.05) is 46.6 Å². The highest BCUT2D eigenvalue weighted by molar-refractivity contribution is 6.35. The van der Waals surface area contributed by atoms with Crippen molar-refractivity contribution in [1.82, 2.24) is 10.5 Å². The number of carbonyl (C=O) groups is 2. The van der Waals surface area contributed by atoms with Gasteiger partial charge in [0.25, 0.3) is 0 Å². The fourth-order valence-electron chi connectivity index (χ4n) is 4.44. The van der Waals surface area contributed by atoms with E-state index in [2.05, 4.69) is 10.5 Å². The Morgan fingerprint density at radius 1 is 1.38 bits per heavy atom. The predicted molar refractivity (Wildman–Crippen MR) is 106 cm³/mol. The second-order valence-corrected chi connectivity index (χ2v) is 8.42. The van der Waals surface area contributed by atoms with Crippen LogP contribution in [-0.2, 0) is 20.9 Å². The summed E-state index contributed by atoms with van der Waals surface area (Å²) in [6.07, 6.45) is 3.33. The van der Waals surface area contributed by atoms with Crippen LogP contribution in [0.3, 0.4) is 0 Å². The van der Waals surface area contributed by atoms with Crippen LogP contribution in [0.25, 0.3) is 0 Å². The molecule has 4 atom stereocenters. The number of rotatable bonds is 4. The molecule has 0 radical (unpaired) electrons. The maximum absolute atomic E-state index is 13.2. The van der Waals surface area contributed by atoms with Crippen LogP contribution in [0.1, 0.15) is 11.3 Å². The van der Waals surface area contributed by atoms with Gasteiger partial charge in [-0.3, -0.25) is 14.5 Å². The third kappa shape index (κ3) is 2.87. The van der Waals surface area contributed by atoms with Crippen LogP contribution in [0.4, 0.5) is 5.82 Å². The minimum Gasteiger partial charge on any atom is -0.360 e. The number of carbonyl (C=O) groups excluding carboxylic acids is 2. The number of benzene rings is 1. The second-order valence-electron chi connectivity index (χ2n) is 7.57. The third-order valence-electron chi connectivity index (χ3n) is 5.76. The van der Waals surface area contributed by atoms with Gasteiger partial charge in [0, 0.05) is 22.7 Å². The van der Waals surface area contributed by atoms with Crippen molar-refractivity contribution in [2.24, 2.45) is 11.8 Å². The number of hydrogen-bond acceptors (Lipinski definition) is 5. The lowest BCUT2D eigenvalue weighted by Gasteiger charge is -2.23. The van der Waals surface area contributed by atoms with Crippen LogP contribution in [0.2, 0.25) is 10.0 Å². The summed E-state index contributed by atoms with van der Waals surface area (Å²) < 4.78 is 11.2. The van der Waals surface area contributed by atoms with Gasteiger partial charge in [-0.05, 0) is 24.6 Å². The van der Waals surface area contributed by atoms with Crippen molar-refractivity contribution in [2.45, 2.75) is 25.2 Å². The molecule has 29 heavy (non-hydrogen) atoms. The average Bonchev–Trinajstić information content (AvgIpc) is 3.42. The van der Waals surface area contributed by atoms with E-state index in [9.17, 15) is 9.59 Å². The molecule has 3 aliphatic heterocycles. The van der Waals surface area contributed by atoms with Crippen molar-refractivity contribution in [3.63, 3.8) is 0 Å². The number of anilines is 1. The largest absolute Gasteiger partial charge is 0.360 e. The van der Waals surface area contributed by atoms with E-state index >= 15 is 0 Å². The van der Waals surface area contributed by atoms with Crippen molar-refractivity contribution >= 4 is 40.8 Å². The summed E-state index contributed by atoms with van der Waals surface area (Å²) in [5, 5.41) is 7.83. The van der Waals surface area contributed by atoms with E-state index in [1.807, 2.05) is 12.2 Å². The van der Waals surface area contributed by atoms with E-state index in [-0.39, 0.29) is 18.4 Å². The Morgan fingerprint density at radius 3 is 2.93 bits per heavy atom. The van der Waals surface area contributed by atoms with Gasteiger partial charge in [-0.25, -0.2) is 0 Å². The monoisotopic (exact) mass is 433 g/mol. The van der Waals surface area contributed by atoms with E-state index in [0.717, 1.165) is 5.56 Å². The molecule has 2 unspecified atom stereocenters. The first-order valence-corrected chi connectivity index (χ1v) is 9.97. The van der Waals surface area contributed by atoms with Gasteiger partial charge in [0.15, 0.2) is 5.82 Å². The number of nitrogens with one attached hydrogen (secondary N) is 1. The summed E-state index contributed by atoms with van der Waals surface area (Å²) in [5.74, 6) is -0.605. The Labute approximate surface area is 176 Å². The standard InChI is InChI=1S/C20H17Cl2N3O4/c1-10-6-15(24-29-10)25-9-20-5-4-14(28-20)16(17(20)19(25)27)18(26)23-8-11-2-3-12(21)7-13(11)22/h2-7,14,16-17H,8-9H2,1H3,(H,23,26)/t14-,16?,17?,20-/m0/s1. The van der Waals surface area contributed by atoms with Crippen LogP contribution < -0.4 is 10.2 Å². The molecule has 1 aromatic heterocycles. The maximum Gasteiger partial charge on any atom is 0.235 e. The Hall–Kier alpha value is -2.35. The van der Waals surface area contributed by atoms with Crippen molar-refractivity contribution in [1.29, 1.82) is 0 Å². The van der Waals surface area contributed by atoms with Crippen molar-refractivity contribution in [3.8, 4) is 0 Å². The maximum atomic E-state index is 13.2. The molecule has 7 nitrogen and oxygen atoms in total. The average molecular weight is 434 g/mol. The number of hydrogen-bond donors (Lipinski definition) is 1. The molecule has 2 aromatic rings. The highest BCUT2D eigenvalue weighted by Crippen LogP contribution is 2.52. The van der Waals surface area contributed by atoms with Crippen LogP contribution in [-0.4, -0.2) is 35.2 Å². The molecule has 2 saturated heterocycles. The first kappa shape index (κ1) is 18.7. The zero-order valence-corrected chi connectivity index (χ0v) is 16.9. The second kappa shape index (κ2) is 6.58. The Bertz CT molecular complexity index is 1050. The van der Waals surface area contributed by atoms with Crippen molar-refractivity contribution < 1.29 is 18.8 Å². The van der Waals surface area contributed by atoms with E-state index in [4.69, 9.17) is 32.5 Å². The minimum atomic E-state index is -0.811. The lowest BCUT2D eigenvalue weighted by atomic mass is 9.77. The van der Waals surface area contributed by atoms with E-state index in [1.165, 1.54) is 4.90 Å². The highest BCUT2D eigenvalue weighted by Gasteiger charge is 2.67. The van der Waals surface area contributed by atoms with Crippen LogP contribution >= 0.6 is 23.2 Å². The Morgan fingerprint density at radius 2 is 2.21 bits per heavy atom. The number of nitrogens with zero attached hydrogens (tertiary/aromatic N) is 2. The number of aryl methyl sites for hydroxylation is 1. The topological polar surface area (TPSA) is 84.7 Å². The van der Waals surface area contributed by atoms with Gasteiger partial charge in [-0.2, -0.15) is 0 Å². The van der Waals surface area contributed by atoms with E-state index in [0.29, 0.717) is 28.2 Å². The Kier molecular flexibility index (Phi) is 4.24. The normalized spacial score (nSPS) is 29.6. The highest BCUT2D eigenvalue weighted by atomic mass is 35.5. The smallest absolute Gasteiger partial charge is 0.235 e. The van der Waals surface area contributed by atoms with Gasteiger partial charge in [-0.15, -0.1) is 0 Å². The summed E-state index contributed by atoms with van der Waals surface area (Å²) in [7, 11) is 0. The molecule has 2 fully saturated rings. The zero-order valence-electron chi connectivity index (χ0n) is 15.4. The molecule has 4 heterocycles. The predicted octanol–water partition coefficient (Wildman–Crippen LogP) is 2.89. The van der Waals surface area contributed by atoms with Gasteiger partial charge < -0.3 is 14.6 Å². The fourth-order valence-corrected chi connectivity index (χ4v) is 4.91. The van der Waals surface area contributed by atoms with Gasteiger partial charge >= 0.3 is 0 Å². The van der Waals surface area contributed by atoms with Gasteiger partial charge in [0.1, 0.15) is 11.4 Å². The van der Waals surface area contributed by atoms with Crippen LogP contribution in [0.15, 0.2) is 40.9 Å². The molecule has 0 saturated carbocycles. The lowest BCUT2D eigenvalue weighted by molar-refractivity contribution is -0.132. The molecule has 3 aliphatic rings. The lowest BCUT2D eigenvalue weighted by Crippen LogP contribution is -2.44. The molecule has 1 N–H and O–H groups in total. The summed E-state index contributed by atoms with van der Waals surface area (Å²) >= 11 is 12.1. The minimum absolute atomic E-state index is 0.185. The number of halogens is 2. The molecule has 150 valence electrons. The molecule has 1 spiro atoms. The van der Waals surface area contributed by atoms with Crippen molar-refractivity contribution in [3.05, 3.63) is 57.8 Å². The molecule has 2 bridgehead atoms. The fraction of sp³-hybridized carbons (Fsp3) is 0.350. The molecule has 1 aromatic carbocycles. The molecular weight excluding hydrogens is 417 g/mol. The van der Waals surface area contributed by atoms with Crippen LogP contribution in [0, 0.1) is 18.8 Å². The third-order valence-corrected chi connectivity index (χ3v) is 6.35. The molecular formula is C20H17Cl2N3O4. The summed E-state index contributed by atoms with van der Waals surface area (Å²) in [4.78, 5) is 27.7. The van der Waals surface area contributed by atoms with E-state index < -0.39 is 23.5 Å². The first-order valence-electron chi connectivity index (χ1n) is 9.21. The summed E-state index contributed by atoms with van der Waals surface area (Å²) in [6.45, 7) is 2.31. The van der Waals surface area contributed by atoms with Gasteiger partial charge in [0.2, 0.25) is 11.8 Å². The number of fused-ring (bicyclic) bond motifs is 1. The molecule has 9 heteroatoms. The number of amides is 2.